The minimum Gasteiger partial charge on any atom is -0.484 e. The Bertz CT molecular complexity index is 525. The lowest BCUT2D eigenvalue weighted by molar-refractivity contribution is -0.385. The molecule has 0 heterocycles. The number of aliphatic hydroxyl groups excluding tert-OH is 1. The molecular weight excluding hydrogens is 274 g/mol. The Hall–Kier alpha value is -2.17. The van der Waals surface area contributed by atoms with Gasteiger partial charge in [0, 0.05) is 12.6 Å². The molecular formula is C14H19N3O4. The van der Waals surface area contributed by atoms with E-state index in [1.807, 2.05) is 6.07 Å². The van der Waals surface area contributed by atoms with Gasteiger partial charge in [-0.15, -0.1) is 0 Å². The fourth-order valence-electron chi connectivity index (χ4n) is 1.64. The van der Waals surface area contributed by atoms with Crippen molar-refractivity contribution in [1.82, 2.24) is 5.32 Å². The molecule has 1 atom stereocenters. The Labute approximate surface area is 123 Å². The van der Waals surface area contributed by atoms with E-state index in [1.54, 1.807) is 0 Å². The standard InChI is InChI=1S/C14H19N3O4/c1-10(2)7-16-8-12(18)9-21-14-4-3-11(6-15)5-13(14)17(19)20/h3-5,10,12,16,18H,7-9H2,1-2H3. The first-order chi connectivity index (χ1) is 9.93. The van der Waals surface area contributed by atoms with Crippen molar-refractivity contribution in [2.75, 3.05) is 19.7 Å². The molecule has 0 aliphatic heterocycles. The second kappa shape index (κ2) is 8.19. The zero-order valence-electron chi connectivity index (χ0n) is 12.1. The molecule has 7 heteroatoms. The molecule has 21 heavy (non-hydrogen) atoms. The fraction of sp³-hybridized carbons (Fsp3) is 0.500. The van der Waals surface area contributed by atoms with Crippen LogP contribution < -0.4 is 10.1 Å². The number of nitro benzene ring substituents is 1. The second-order valence-corrected chi connectivity index (χ2v) is 5.07. The highest BCUT2D eigenvalue weighted by Gasteiger charge is 2.17. The topological polar surface area (TPSA) is 108 Å². The molecule has 114 valence electrons. The summed E-state index contributed by atoms with van der Waals surface area (Å²) in [5.74, 6) is 0.514. The molecule has 0 aliphatic rings. The predicted octanol–water partition coefficient (Wildman–Crippen LogP) is 1.45. The number of ether oxygens (including phenoxy) is 1. The molecule has 0 amide bonds. The Kier molecular flexibility index (Phi) is 6.59. The van der Waals surface area contributed by atoms with Crippen molar-refractivity contribution in [2.45, 2.75) is 20.0 Å². The van der Waals surface area contributed by atoms with Crippen molar-refractivity contribution in [3.05, 3.63) is 33.9 Å². The normalized spacial score (nSPS) is 12.0. The van der Waals surface area contributed by atoms with E-state index in [0.29, 0.717) is 12.5 Å². The average Bonchev–Trinajstić information content (AvgIpc) is 2.44. The number of nitro groups is 1. The summed E-state index contributed by atoms with van der Waals surface area (Å²) < 4.78 is 5.28. The number of aliphatic hydroxyl groups is 1. The molecule has 0 saturated heterocycles. The van der Waals surface area contributed by atoms with E-state index in [1.165, 1.54) is 12.1 Å². The summed E-state index contributed by atoms with van der Waals surface area (Å²) in [7, 11) is 0. The van der Waals surface area contributed by atoms with E-state index in [0.717, 1.165) is 12.6 Å². The zero-order chi connectivity index (χ0) is 15.8. The molecule has 1 aromatic carbocycles. The third kappa shape index (κ3) is 5.77. The van der Waals surface area contributed by atoms with Crippen LogP contribution in [0.5, 0.6) is 5.75 Å². The van der Waals surface area contributed by atoms with Gasteiger partial charge in [0.15, 0.2) is 5.75 Å². The van der Waals surface area contributed by atoms with Gasteiger partial charge in [-0.2, -0.15) is 5.26 Å². The van der Waals surface area contributed by atoms with E-state index in [4.69, 9.17) is 10.00 Å². The van der Waals surface area contributed by atoms with Crippen molar-refractivity contribution in [2.24, 2.45) is 5.92 Å². The van der Waals surface area contributed by atoms with Gasteiger partial charge in [-0.3, -0.25) is 10.1 Å². The first-order valence-corrected chi connectivity index (χ1v) is 6.64. The maximum Gasteiger partial charge on any atom is 0.312 e. The van der Waals surface area contributed by atoms with Crippen LogP contribution >= 0.6 is 0 Å². The van der Waals surface area contributed by atoms with Gasteiger partial charge in [-0.05, 0) is 24.6 Å². The first kappa shape index (κ1) is 16.9. The number of nitrogens with zero attached hydrogens (tertiary/aromatic N) is 2. The van der Waals surface area contributed by atoms with Crippen LogP contribution in [0.1, 0.15) is 19.4 Å². The third-order valence-electron chi connectivity index (χ3n) is 2.65. The van der Waals surface area contributed by atoms with Crippen molar-refractivity contribution in [3.63, 3.8) is 0 Å². The van der Waals surface area contributed by atoms with Gasteiger partial charge in [0.05, 0.1) is 16.6 Å². The van der Waals surface area contributed by atoms with Crippen LogP contribution in [0.3, 0.4) is 0 Å². The first-order valence-electron chi connectivity index (χ1n) is 6.64. The van der Waals surface area contributed by atoms with Crippen molar-refractivity contribution in [1.29, 1.82) is 5.26 Å². The molecule has 0 aliphatic carbocycles. The number of hydrogen-bond acceptors (Lipinski definition) is 6. The molecule has 7 nitrogen and oxygen atoms in total. The Morgan fingerprint density at radius 3 is 2.76 bits per heavy atom. The molecule has 1 rings (SSSR count). The number of benzene rings is 1. The lowest BCUT2D eigenvalue weighted by Crippen LogP contribution is -2.33. The van der Waals surface area contributed by atoms with Gasteiger partial charge in [0.25, 0.3) is 0 Å². The summed E-state index contributed by atoms with van der Waals surface area (Å²) in [5, 5.41) is 32.5. The highest BCUT2D eigenvalue weighted by molar-refractivity contribution is 5.51. The maximum absolute atomic E-state index is 10.9. The highest BCUT2D eigenvalue weighted by Crippen LogP contribution is 2.27. The van der Waals surface area contributed by atoms with Crippen LogP contribution in [-0.2, 0) is 0 Å². The molecule has 1 aromatic rings. The highest BCUT2D eigenvalue weighted by atomic mass is 16.6. The van der Waals surface area contributed by atoms with E-state index in [-0.39, 0.29) is 23.6 Å². The van der Waals surface area contributed by atoms with Gasteiger partial charge >= 0.3 is 5.69 Å². The minimum absolute atomic E-state index is 0.0434. The van der Waals surface area contributed by atoms with E-state index < -0.39 is 11.0 Å². The number of nitrogens with one attached hydrogen (secondary N) is 1. The summed E-state index contributed by atoms with van der Waals surface area (Å²) in [4.78, 5) is 10.3. The van der Waals surface area contributed by atoms with E-state index in [9.17, 15) is 15.2 Å². The largest absolute Gasteiger partial charge is 0.484 e. The summed E-state index contributed by atoms with van der Waals surface area (Å²) in [6.07, 6.45) is -0.765. The molecule has 0 aromatic heterocycles. The van der Waals surface area contributed by atoms with Crippen LogP contribution in [0.4, 0.5) is 5.69 Å². The van der Waals surface area contributed by atoms with E-state index in [2.05, 4.69) is 19.2 Å². The van der Waals surface area contributed by atoms with Crippen LogP contribution in [-0.4, -0.2) is 35.8 Å². The maximum atomic E-state index is 10.9. The van der Waals surface area contributed by atoms with Crippen LogP contribution in [0, 0.1) is 27.4 Å². The summed E-state index contributed by atoms with van der Waals surface area (Å²) in [6, 6.07) is 5.79. The van der Waals surface area contributed by atoms with Gasteiger partial charge in [-0.25, -0.2) is 0 Å². The van der Waals surface area contributed by atoms with Crippen LogP contribution in [0.2, 0.25) is 0 Å². The molecule has 2 N–H and O–H groups in total. The molecule has 0 bridgehead atoms. The lowest BCUT2D eigenvalue weighted by atomic mass is 10.2. The minimum atomic E-state index is -0.765. The third-order valence-corrected chi connectivity index (χ3v) is 2.65. The Morgan fingerprint density at radius 1 is 1.48 bits per heavy atom. The van der Waals surface area contributed by atoms with E-state index >= 15 is 0 Å². The second-order valence-electron chi connectivity index (χ2n) is 5.07. The summed E-state index contributed by atoms with van der Waals surface area (Å²) in [5.41, 5.74) is -0.0930. The molecule has 0 saturated carbocycles. The van der Waals surface area contributed by atoms with Gasteiger partial charge < -0.3 is 15.2 Å². The quantitative estimate of drug-likeness (QED) is 0.554. The summed E-state index contributed by atoms with van der Waals surface area (Å²) in [6.45, 7) is 5.17. The van der Waals surface area contributed by atoms with Crippen molar-refractivity contribution < 1.29 is 14.8 Å². The molecule has 1 unspecified atom stereocenters. The van der Waals surface area contributed by atoms with Crippen LogP contribution in [0.25, 0.3) is 0 Å². The van der Waals surface area contributed by atoms with Gasteiger partial charge in [0.2, 0.25) is 0 Å². The Morgan fingerprint density at radius 2 is 2.19 bits per heavy atom. The molecule has 0 radical (unpaired) electrons. The predicted molar refractivity (Wildman–Crippen MR) is 77.0 cm³/mol. The number of hydrogen-bond donors (Lipinski definition) is 2. The van der Waals surface area contributed by atoms with Crippen molar-refractivity contribution >= 4 is 5.69 Å². The lowest BCUT2D eigenvalue weighted by Gasteiger charge is -2.14. The monoisotopic (exact) mass is 293 g/mol. The SMILES string of the molecule is CC(C)CNCC(O)COc1ccc(C#N)cc1[N+](=O)[O-]. The summed E-state index contributed by atoms with van der Waals surface area (Å²) >= 11 is 0. The average molecular weight is 293 g/mol. The number of nitriles is 1. The molecule has 0 spiro atoms. The Balaban J connectivity index is 2.59. The molecule has 0 fully saturated rings. The van der Waals surface area contributed by atoms with Gasteiger partial charge in [0.1, 0.15) is 12.7 Å². The fourth-order valence-corrected chi connectivity index (χ4v) is 1.64. The van der Waals surface area contributed by atoms with Crippen LogP contribution in [0.15, 0.2) is 18.2 Å². The number of rotatable bonds is 8. The smallest absolute Gasteiger partial charge is 0.312 e. The van der Waals surface area contributed by atoms with Crippen molar-refractivity contribution in [3.8, 4) is 11.8 Å². The van der Waals surface area contributed by atoms with Gasteiger partial charge in [-0.1, -0.05) is 13.8 Å². The zero-order valence-corrected chi connectivity index (χ0v) is 12.1.